The molecule has 4 nitrogen and oxygen atoms in total. The SMILES string of the molecule is CCN(CC)C(=O)c1c(C)noc1C(C)C. The Balaban J connectivity index is 3.11. The lowest BCUT2D eigenvalue weighted by atomic mass is 10.0. The van der Waals surface area contributed by atoms with E-state index in [1.807, 2.05) is 34.6 Å². The molecule has 0 radical (unpaired) electrons. The van der Waals surface area contributed by atoms with Crippen molar-refractivity contribution in [3.8, 4) is 0 Å². The van der Waals surface area contributed by atoms with Crippen molar-refractivity contribution in [2.45, 2.75) is 40.5 Å². The van der Waals surface area contributed by atoms with Gasteiger partial charge in [-0.25, -0.2) is 0 Å². The van der Waals surface area contributed by atoms with Crippen LogP contribution in [0.5, 0.6) is 0 Å². The Labute approximate surface area is 96.6 Å². The van der Waals surface area contributed by atoms with Gasteiger partial charge in [0.05, 0.1) is 5.69 Å². The summed E-state index contributed by atoms with van der Waals surface area (Å²) in [5.41, 5.74) is 1.32. The van der Waals surface area contributed by atoms with Crippen molar-refractivity contribution in [3.05, 3.63) is 17.0 Å². The summed E-state index contributed by atoms with van der Waals surface area (Å²) in [5, 5.41) is 3.89. The molecule has 0 fully saturated rings. The first-order valence-electron chi connectivity index (χ1n) is 5.78. The van der Waals surface area contributed by atoms with Gasteiger partial charge < -0.3 is 9.42 Å². The molecule has 0 aliphatic rings. The van der Waals surface area contributed by atoms with Crippen molar-refractivity contribution in [2.24, 2.45) is 0 Å². The highest BCUT2D eigenvalue weighted by Crippen LogP contribution is 2.23. The van der Waals surface area contributed by atoms with Gasteiger partial charge in [-0.2, -0.15) is 0 Å². The molecule has 0 spiro atoms. The zero-order chi connectivity index (χ0) is 12.3. The van der Waals surface area contributed by atoms with Crippen LogP contribution in [0.1, 0.15) is 55.4 Å². The summed E-state index contributed by atoms with van der Waals surface area (Å²) in [4.78, 5) is 14.0. The molecule has 0 bridgehead atoms. The van der Waals surface area contributed by atoms with Crippen molar-refractivity contribution in [1.82, 2.24) is 10.1 Å². The van der Waals surface area contributed by atoms with Crippen molar-refractivity contribution < 1.29 is 9.32 Å². The molecule has 1 aromatic heterocycles. The third-order valence-electron chi connectivity index (χ3n) is 2.68. The van der Waals surface area contributed by atoms with Crippen LogP contribution in [0.3, 0.4) is 0 Å². The molecule has 0 saturated heterocycles. The first-order chi connectivity index (χ1) is 7.52. The molecular formula is C12H20N2O2. The number of carbonyl (C=O) groups excluding carboxylic acids is 1. The van der Waals surface area contributed by atoms with Crippen molar-refractivity contribution >= 4 is 5.91 Å². The number of hydrogen-bond acceptors (Lipinski definition) is 3. The van der Waals surface area contributed by atoms with E-state index in [4.69, 9.17) is 4.52 Å². The number of amides is 1. The first-order valence-corrected chi connectivity index (χ1v) is 5.78. The molecule has 16 heavy (non-hydrogen) atoms. The number of hydrogen-bond donors (Lipinski definition) is 0. The monoisotopic (exact) mass is 224 g/mol. The maximum atomic E-state index is 12.2. The second kappa shape index (κ2) is 5.14. The highest BCUT2D eigenvalue weighted by atomic mass is 16.5. The van der Waals surface area contributed by atoms with Gasteiger partial charge in [0.2, 0.25) is 0 Å². The number of aromatic nitrogens is 1. The summed E-state index contributed by atoms with van der Waals surface area (Å²) < 4.78 is 5.22. The number of carbonyl (C=O) groups is 1. The molecule has 1 rings (SSSR count). The van der Waals surface area contributed by atoms with Crippen LogP contribution in [0.15, 0.2) is 4.52 Å². The van der Waals surface area contributed by atoms with Crippen LogP contribution >= 0.6 is 0 Å². The van der Waals surface area contributed by atoms with Crippen LogP contribution in [0, 0.1) is 6.92 Å². The summed E-state index contributed by atoms with van der Waals surface area (Å²) >= 11 is 0. The van der Waals surface area contributed by atoms with E-state index < -0.39 is 0 Å². The number of rotatable bonds is 4. The van der Waals surface area contributed by atoms with E-state index in [1.165, 1.54) is 0 Å². The highest BCUT2D eigenvalue weighted by molar-refractivity contribution is 5.96. The van der Waals surface area contributed by atoms with Crippen molar-refractivity contribution in [2.75, 3.05) is 13.1 Å². The van der Waals surface area contributed by atoms with Gasteiger partial charge in [0.25, 0.3) is 5.91 Å². The summed E-state index contributed by atoms with van der Waals surface area (Å²) in [6.07, 6.45) is 0. The molecule has 0 aliphatic carbocycles. The Morgan fingerprint density at radius 1 is 1.38 bits per heavy atom. The van der Waals surface area contributed by atoms with Gasteiger partial charge in [-0.3, -0.25) is 4.79 Å². The molecule has 0 aromatic carbocycles. The second-order valence-electron chi connectivity index (χ2n) is 4.14. The molecule has 0 unspecified atom stereocenters. The molecule has 4 heteroatoms. The smallest absolute Gasteiger partial charge is 0.259 e. The fourth-order valence-corrected chi connectivity index (χ4v) is 1.71. The standard InChI is InChI=1S/C12H20N2O2/c1-6-14(7-2)12(15)10-9(5)13-16-11(10)8(3)4/h8H,6-7H2,1-5H3. The van der Waals surface area contributed by atoms with Gasteiger partial charge in [0.1, 0.15) is 5.56 Å². The van der Waals surface area contributed by atoms with Crippen LogP contribution in [0.25, 0.3) is 0 Å². The average molecular weight is 224 g/mol. The third-order valence-corrected chi connectivity index (χ3v) is 2.68. The fraction of sp³-hybridized carbons (Fsp3) is 0.667. The molecule has 0 aliphatic heterocycles. The minimum Gasteiger partial charge on any atom is -0.360 e. The van der Waals surface area contributed by atoms with Gasteiger partial charge in [-0.05, 0) is 20.8 Å². The lowest BCUT2D eigenvalue weighted by Gasteiger charge is -2.18. The molecule has 1 amide bonds. The van der Waals surface area contributed by atoms with E-state index in [1.54, 1.807) is 4.90 Å². The van der Waals surface area contributed by atoms with E-state index in [2.05, 4.69) is 5.16 Å². The minimum atomic E-state index is 0.0208. The molecule has 0 atom stereocenters. The van der Waals surface area contributed by atoms with E-state index in [-0.39, 0.29) is 11.8 Å². The normalized spacial score (nSPS) is 10.9. The van der Waals surface area contributed by atoms with Crippen LogP contribution < -0.4 is 0 Å². The van der Waals surface area contributed by atoms with E-state index >= 15 is 0 Å². The van der Waals surface area contributed by atoms with Gasteiger partial charge in [-0.15, -0.1) is 0 Å². The molecule has 0 N–H and O–H groups in total. The summed E-state index contributed by atoms with van der Waals surface area (Å²) in [6.45, 7) is 11.2. The molecule has 90 valence electrons. The van der Waals surface area contributed by atoms with Gasteiger partial charge in [-0.1, -0.05) is 19.0 Å². The topological polar surface area (TPSA) is 46.3 Å². The second-order valence-corrected chi connectivity index (χ2v) is 4.14. The third kappa shape index (κ3) is 2.26. The quantitative estimate of drug-likeness (QED) is 0.789. The predicted octanol–water partition coefficient (Wildman–Crippen LogP) is 2.59. The lowest BCUT2D eigenvalue weighted by molar-refractivity contribution is 0.0769. The Morgan fingerprint density at radius 2 is 1.94 bits per heavy atom. The van der Waals surface area contributed by atoms with Crippen molar-refractivity contribution in [3.63, 3.8) is 0 Å². The Morgan fingerprint density at radius 3 is 2.38 bits per heavy atom. The Hall–Kier alpha value is -1.32. The average Bonchev–Trinajstić information content (AvgIpc) is 2.61. The van der Waals surface area contributed by atoms with Crippen molar-refractivity contribution in [1.29, 1.82) is 0 Å². The van der Waals surface area contributed by atoms with E-state index in [0.29, 0.717) is 30.1 Å². The summed E-state index contributed by atoms with van der Waals surface area (Å²) in [7, 11) is 0. The molecule has 1 heterocycles. The predicted molar refractivity (Wildman–Crippen MR) is 62.6 cm³/mol. The zero-order valence-corrected chi connectivity index (χ0v) is 10.7. The Bertz CT molecular complexity index is 365. The lowest BCUT2D eigenvalue weighted by Crippen LogP contribution is -2.31. The maximum Gasteiger partial charge on any atom is 0.259 e. The van der Waals surface area contributed by atoms with E-state index in [9.17, 15) is 4.79 Å². The minimum absolute atomic E-state index is 0.0208. The summed E-state index contributed by atoms with van der Waals surface area (Å²) in [6, 6.07) is 0. The summed E-state index contributed by atoms with van der Waals surface area (Å²) in [5.74, 6) is 0.887. The van der Waals surface area contributed by atoms with Crippen LogP contribution in [0.4, 0.5) is 0 Å². The molecule has 1 aromatic rings. The zero-order valence-electron chi connectivity index (χ0n) is 10.7. The van der Waals surface area contributed by atoms with Crippen LogP contribution in [-0.4, -0.2) is 29.1 Å². The van der Waals surface area contributed by atoms with Gasteiger partial charge in [0.15, 0.2) is 5.76 Å². The maximum absolute atomic E-state index is 12.2. The first kappa shape index (κ1) is 12.7. The van der Waals surface area contributed by atoms with Gasteiger partial charge >= 0.3 is 0 Å². The largest absolute Gasteiger partial charge is 0.360 e. The van der Waals surface area contributed by atoms with E-state index in [0.717, 1.165) is 0 Å². The Kier molecular flexibility index (Phi) is 4.10. The van der Waals surface area contributed by atoms with Gasteiger partial charge in [0, 0.05) is 19.0 Å². The van der Waals surface area contributed by atoms with Crippen LogP contribution in [-0.2, 0) is 0 Å². The molecular weight excluding hydrogens is 204 g/mol. The number of aryl methyl sites for hydroxylation is 1. The number of nitrogens with zero attached hydrogens (tertiary/aromatic N) is 2. The fourth-order valence-electron chi connectivity index (χ4n) is 1.71. The van der Waals surface area contributed by atoms with Crippen LogP contribution in [0.2, 0.25) is 0 Å². The highest BCUT2D eigenvalue weighted by Gasteiger charge is 2.25. The molecule has 0 saturated carbocycles.